The van der Waals surface area contributed by atoms with E-state index in [9.17, 15) is 4.79 Å². The van der Waals surface area contributed by atoms with E-state index in [4.69, 9.17) is 9.47 Å². The molecule has 0 N–H and O–H groups in total. The molecule has 42 heavy (non-hydrogen) atoms. The highest BCUT2D eigenvalue weighted by atomic mass is 33.1. The van der Waals surface area contributed by atoms with Crippen molar-refractivity contribution < 1.29 is 14.3 Å². The molecule has 6 rings (SSSR count). The van der Waals surface area contributed by atoms with E-state index in [0.717, 1.165) is 21.1 Å². The molecule has 0 aliphatic carbocycles. The van der Waals surface area contributed by atoms with Gasteiger partial charge in [-0.3, -0.25) is 0 Å². The van der Waals surface area contributed by atoms with E-state index in [1.165, 1.54) is 43.2 Å². The van der Waals surface area contributed by atoms with Gasteiger partial charge in [0.15, 0.2) is 0 Å². The lowest BCUT2D eigenvalue weighted by Crippen LogP contribution is -2.25. The van der Waals surface area contributed by atoms with Crippen molar-refractivity contribution in [2.24, 2.45) is 0 Å². The van der Waals surface area contributed by atoms with Gasteiger partial charge in [-0.2, -0.15) is 0 Å². The molecule has 4 aromatic heterocycles. The van der Waals surface area contributed by atoms with E-state index in [1.807, 2.05) is 84.9 Å². The van der Waals surface area contributed by atoms with Gasteiger partial charge in [0.2, 0.25) is 12.5 Å². The predicted molar refractivity (Wildman–Crippen MR) is 166 cm³/mol. The van der Waals surface area contributed by atoms with Gasteiger partial charge >= 0.3 is 6.16 Å². The largest absolute Gasteiger partial charge is 0.512 e. The van der Waals surface area contributed by atoms with Crippen LogP contribution in [0.25, 0.3) is 22.1 Å². The van der Waals surface area contributed by atoms with Crippen LogP contribution in [0.4, 0.5) is 4.79 Å². The van der Waals surface area contributed by atoms with Crippen molar-refractivity contribution in [3.05, 3.63) is 97.3 Å². The number of ether oxygens (including phenoxy) is 2. The van der Waals surface area contributed by atoms with E-state index in [0.29, 0.717) is 22.5 Å². The number of fused-ring (bicyclic) bond motifs is 2. The molecule has 0 fully saturated rings. The summed E-state index contributed by atoms with van der Waals surface area (Å²) in [5.41, 5.74) is 2.85. The SMILES string of the molecule is O=C(OC(CSSc1ccccn1)n1nnc2ccccc21)OC(CSSc1ccccn1)n1nnc2ccccc21. The van der Waals surface area contributed by atoms with E-state index in [2.05, 4.69) is 30.6 Å². The number of rotatable bonds is 12. The van der Waals surface area contributed by atoms with Crippen molar-refractivity contribution in [2.45, 2.75) is 22.5 Å². The second-order valence-corrected chi connectivity index (χ2v) is 13.2. The van der Waals surface area contributed by atoms with Crippen LogP contribution < -0.4 is 0 Å². The summed E-state index contributed by atoms with van der Waals surface area (Å²) in [6.07, 6.45) is 1.01. The quantitative estimate of drug-likeness (QED) is 0.105. The lowest BCUT2D eigenvalue weighted by atomic mass is 10.3. The lowest BCUT2D eigenvalue weighted by molar-refractivity contribution is -0.0329. The van der Waals surface area contributed by atoms with Crippen LogP contribution in [0, 0.1) is 0 Å². The first kappa shape index (κ1) is 28.3. The Labute approximate surface area is 256 Å². The first-order chi connectivity index (χ1) is 20.7. The fourth-order valence-corrected chi connectivity index (χ4v) is 7.78. The van der Waals surface area contributed by atoms with E-state index in [-0.39, 0.29) is 0 Å². The molecule has 15 heteroatoms. The van der Waals surface area contributed by atoms with Crippen LogP contribution in [-0.2, 0) is 9.47 Å². The first-order valence-corrected chi connectivity index (χ1v) is 17.3. The Hall–Kier alpha value is -3.79. The summed E-state index contributed by atoms with van der Waals surface area (Å²) < 4.78 is 15.0. The molecule has 2 aromatic carbocycles. The van der Waals surface area contributed by atoms with Gasteiger partial charge in [-0.1, -0.05) is 68.4 Å². The number of benzene rings is 2. The molecule has 2 unspecified atom stereocenters. The second-order valence-electron chi connectivity index (χ2n) is 8.51. The molecule has 0 saturated heterocycles. The molecule has 0 aliphatic heterocycles. The zero-order valence-corrected chi connectivity index (χ0v) is 25.0. The molecule has 11 nitrogen and oxygen atoms in total. The van der Waals surface area contributed by atoms with Gasteiger partial charge in [0.25, 0.3) is 0 Å². The maximum absolute atomic E-state index is 13.4. The van der Waals surface area contributed by atoms with Crippen molar-refractivity contribution >= 4 is 71.4 Å². The number of pyridine rings is 2. The predicted octanol–water partition coefficient (Wildman–Crippen LogP) is 6.70. The summed E-state index contributed by atoms with van der Waals surface area (Å²) in [5, 5.41) is 18.7. The van der Waals surface area contributed by atoms with Crippen molar-refractivity contribution in [3.63, 3.8) is 0 Å². The maximum Gasteiger partial charge on any atom is 0.512 e. The molecular formula is C27H22N8O3S4. The third-order valence-corrected chi connectivity index (χ3v) is 10.2. The number of carbonyl (C=O) groups is 1. The number of carbonyl (C=O) groups excluding carboxylic acids is 1. The molecule has 0 bridgehead atoms. The van der Waals surface area contributed by atoms with Crippen LogP contribution in [0.5, 0.6) is 0 Å². The summed E-state index contributed by atoms with van der Waals surface area (Å²) >= 11 is 0. The summed E-state index contributed by atoms with van der Waals surface area (Å²) in [7, 11) is 5.92. The topological polar surface area (TPSA) is 123 Å². The Morgan fingerprint density at radius 1 is 0.643 bits per heavy atom. The summed E-state index contributed by atoms with van der Waals surface area (Å²) in [4.78, 5) is 22.1. The number of hydrogen-bond donors (Lipinski definition) is 0. The van der Waals surface area contributed by atoms with Crippen molar-refractivity contribution in [1.29, 1.82) is 0 Å². The van der Waals surface area contributed by atoms with Gasteiger partial charge < -0.3 is 9.47 Å². The fourth-order valence-electron chi connectivity index (χ4n) is 3.86. The number of hydrogen-bond acceptors (Lipinski definition) is 13. The van der Waals surface area contributed by atoms with Crippen LogP contribution in [0.2, 0.25) is 0 Å². The number of para-hydroxylation sites is 2. The molecule has 0 aliphatic rings. The minimum Gasteiger partial charge on any atom is -0.407 e. The Kier molecular flexibility index (Phi) is 9.39. The Morgan fingerprint density at radius 2 is 1.10 bits per heavy atom. The standard InChI is InChI=1S/C27H22N8O3S4/c36-27(37-25(17-39-41-23-13-5-7-15-28-23)34-21-11-3-1-9-19(21)30-32-34)38-26(18-40-42-24-14-6-8-16-29-24)35-22-12-4-2-10-20(22)31-33-35/h1-16,25-26H,17-18H2. The van der Waals surface area contributed by atoms with Crippen LogP contribution in [-0.4, -0.2) is 57.6 Å². The molecule has 0 radical (unpaired) electrons. The highest BCUT2D eigenvalue weighted by Crippen LogP contribution is 2.35. The average Bonchev–Trinajstić information content (AvgIpc) is 3.66. The van der Waals surface area contributed by atoms with Gasteiger partial charge in [0, 0.05) is 12.4 Å². The third-order valence-electron chi connectivity index (χ3n) is 5.75. The Morgan fingerprint density at radius 3 is 1.55 bits per heavy atom. The molecule has 0 amide bonds. The van der Waals surface area contributed by atoms with Crippen LogP contribution in [0.3, 0.4) is 0 Å². The number of nitrogens with zero attached hydrogens (tertiary/aromatic N) is 8. The van der Waals surface area contributed by atoms with Gasteiger partial charge in [-0.15, -0.1) is 10.2 Å². The van der Waals surface area contributed by atoms with Crippen LogP contribution >= 0.6 is 43.2 Å². The lowest BCUT2D eigenvalue weighted by Gasteiger charge is -2.21. The van der Waals surface area contributed by atoms with Crippen molar-refractivity contribution in [3.8, 4) is 0 Å². The van der Waals surface area contributed by atoms with Crippen LogP contribution in [0.15, 0.2) is 107 Å². The van der Waals surface area contributed by atoms with E-state index in [1.54, 1.807) is 21.8 Å². The Balaban J connectivity index is 1.20. The molecule has 2 atom stereocenters. The fraction of sp³-hybridized carbons (Fsp3) is 0.148. The highest BCUT2D eigenvalue weighted by Gasteiger charge is 2.26. The van der Waals surface area contributed by atoms with Gasteiger partial charge in [0.05, 0.1) is 22.5 Å². The summed E-state index contributed by atoms with van der Waals surface area (Å²) in [6.45, 7) is 0. The zero-order chi connectivity index (χ0) is 28.6. The summed E-state index contributed by atoms with van der Waals surface area (Å²) in [5.74, 6) is 0.732. The molecule has 0 saturated carbocycles. The second kappa shape index (κ2) is 13.9. The molecule has 6 aromatic rings. The van der Waals surface area contributed by atoms with E-state index < -0.39 is 18.6 Å². The first-order valence-electron chi connectivity index (χ1n) is 12.6. The van der Waals surface area contributed by atoms with Gasteiger partial charge in [-0.05, 0) is 70.1 Å². The third kappa shape index (κ3) is 6.98. The monoisotopic (exact) mass is 634 g/mol. The molecule has 4 heterocycles. The smallest absolute Gasteiger partial charge is 0.407 e. The highest BCUT2D eigenvalue weighted by molar-refractivity contribution is 8.77. The normalized spacial score (nSPS) is 12.8. The van der Waals surface area contributed by atoms with E-state index >= 15 is 0 Å². The zero-order valence-electron chi connectivity index (χ0n) is 21.7. The average molecular weight is 635 g/mol. The minimum atomic E-state index is -0.865. The minimum absolute atomic E-state index is 0.366. The molecular weight excluding hydrogens is 613 g/mol. The van der Waals surface area contributed by atoms with Gasteiger partial charge in [-0.25, -0.2) is 24.1 Å². The molecule has 0 spiro atoms. The Bertz CT molecular complexity index is 1630. The van der Waals surface area contributed by atoms with Crippen LogP contribution in [0.1, 0.15) is 12.5 Å². The van der Waals surface area contributed by atoms with Gasteiger partial charge in [0.1, 0.15) is 21.1 Å². The van der Waals surface area contributed by atoms with Crippen molar-refractivity contribution in [1.82, 2.24) is 40.0 Å². The maximum atomic E-state index is 13.4. The summed E-state index contributed by atoms with van der Waals surface area (Å²) in [6, 6.07) is 26.4. The number of aromatic nitrogens is 8. The van der Waals surface area contributed by atoms with Crippen molar-refractivity contribution in [2.75, 3.05) is 11.5 Å². The molecule has 212 valence electrons.